The summed E-state index contributed by atoms with van der Waals surface area (Å²) in [4.78, 5) is 4.22. The molecule has 94 valence electrons. The average Bonchev–Trinajstić information content (AvgIpc) is 2.72. The molecule has 4 nitrogen and oxygen atoms in total. The quantitative estimate of drug-likeness (QED) is 0.827. The van der Waals surface area contributed by atoms with Crippen molar-refractivity contribution in [2.45, 2.75) is 6.54 Å². The molecule has 3 N–H and O–H groups in total. The lowest BCUT2D eigenvalue weighted by Crippen LogP contribution is -2.12. The minimum absolute atomic E-state index is 0.0585. The highest BCUT2D eigenvalue weighted by atomic mass is 32.1. The van der Waals surface area contributed by atoms with E-state index in [2.05, 4.69) is 10.3 Å². The zero-order valence-corrected chi connectivity index (χ0v) is 10.7. The summed E-state index contributed by atoms with van der Waals surface area (Å²) in [5.41, 5.74) is 6.31. The molecule has 6 heteroatoms. The van der Waals surface area contributed by atoms with Gasteiger partial charge in [-0.15, -0.1) is 0 Å². The van der Waals surface area contributed by atoms with Gasteiger partial charge in [0.25, 0.3) is 0 Å². The lowest BCUT2D eigenvalue weighted by Gasteiger charge is -2.08. The number of nitrogens with one attached hydrogen (secondary N) is 1. The van der Waals surface area contributed by atoms with Crippen molar-refractivity contribution in [3.8, 4) is 0 Å². The summed E-state index contributed by atoms with van der Waals surface area (Å²) in [5.74, 6) is 0.446. The maximum Gasteiger partial charge on any atom is 0.135 e. The maximum absolute atomic E-state index is 13.6. The minimum Gasteiger partial charge on any atom is -0.389 e. The van der Waals surface area contributed by atoms with E-state index >= 15 is 0 Å². The molecule has 2 aromatic rings. The smallest absolute Gasteiger partial charge is 0.135 e. The van der Waals surface area contributed by atoms with Crippen molar-refractivity contribution in [2.24, 2.45) is 12.8 Å². The molecule has 0 fully saturated rings. The molecule has 0 aliphatic heterocycles. The zero-order chi connectivity index (χ0) is 13.1. The van der Waals surface area contributed by atoms with Gasteiger partial charge in [0.05, 0.1) is 6.54 Å². The van der Waals surface area contributed by atoms with Crippen LogP contribution in [0.4, 0.5) is 10.1 Å². The molecule has 0 bridgehead atoms. The van der Waals surface area contributed by atoms with Crippen LogP contribution in [0, 0.1) is 5.82 Å². The molecule has 0 amide bonds. The van der Waals surface area contributed by atoms with Crippen LogP contribution >= 0.6 is 12.2 Å². The van der Waals surface area contributed by atoms with E-state index in [1.54, 1.807) is 18.3 Å². The molecular formula is C12H13FN4S. The molecule has 0 spiro atoms. The molecule has 0 radical (unpaired) electrons. The van der Waals surface area contributed by atoms with Crippen LogP contribution in [0.25, 0.3) is 0 Å². The molecule has 0 atom stereocenters. The molecule has 1 aromatic heterocycles. The molecular weight excluding hydrogens is 251 g/mol. The fourth-order valence-corrected chi connectivity index (χ4v) is 1.74. The van der Waals surface area contributed by atoms with E-state index in [-0.39, 0.29) is 10.6 Å². The summed E-state index contributed by atoms with van der Waals surface area (Å²) in [6.07, 6.45) is 3.57. The number of imidazole rings is 1. The van der Waals surface area contributed by atoms with Gasteiger partial charge in [-0.3, -0.25) is 0 Å². The minimum atomic E-state index is -0.424. The Kier molecular flexibility index (Phi) is 3.57. The number of aromatic nitrogens is 2. The summed E-state index contributed by atoms with van der Waals surface area (Å²) >= 11 is 4.74. The predicted octanol–water partition coefficient (Wildman–Crippen LogP) is 1.81. The van der Waals surface area contributed by atoms with Gasteiger partial charge in [-0.1, -0.05) is 12.2 Å². The Hall–Kier alpha value is -1.95. The Bertz CT molecular complexity index is 579. The molecule has 18 heavy (non-hydrogen) atoms. The van der Waals surface area contributed by atoms with Crippen molar-refractivity contribution in [3.63, 3.8) is 0 Å². The predicted molar refractivity (Wildman–Crippen MR) is 72.8 cm³/mol. The van der Waals surface area contributed by atoms with Crippen molar-refractivity contribution >= 4 is 22.9 Å². The fraction of sp³-hybridized carbons (Fsp3) is 0.167. The van der Waals surface area contributed by atoms with E-state index < -0.39 is 5.82 Å². The van der Waals surface area contributed by atoms with Crippen molar-refractivity contribution in [1.82, 2.24) is 9.55 Å². The van der Waals surface area contributed by atoms with Crippen molar-refractivity contribution in [3.05, 3.63) is 47.8 Å². The van der Waals surface area contributed by atoms with Crippen LogP contribution in [-0.4, -0.2) is 14.5 Å². The average molecular weight is 264 g/mol. The molecule has 0 unspecified atom stereocenters. The first-order chi connectivity index (χ1) is 8.58. The Morgan fingerprint density at radius 1 is 1.56 bits per heavy atom. The van der Waals surface area contributed by atoms with Crippen LogP contribution in [0.5, 0.6) is 0 Å². The molecule has 0 saturated heterocycles. The normalized spacial score (nSPS) is 10.3. The Morgan fingerprint density at radius 3 is 2.89 bits per heavy atom. The Labute approximate surface area is 110 Å². The summed E-state index contributed by atoms with van der Waals surface area (Å²) < 4.78 is 15.5. The zero-order valence-electron chi connectivity index (χ0n) is 9.85. The number of hydrogen-bond acceptors (Lipinski definition) is 3. The van der Waals surface area contributed by atoms with Gasteiger partial charge in [0.1, 0.15) is 16.6 Å². The molecule has 1 aromatic carbocycles. The second-order valence-electron chi connectivity index (χ2n) is 3.87. The van der Waals surface area contributed by atoms with E-state index in [9.17, 15) is 4.39 Å². The number of thiocarbonyl (C=S) groups is 1. The standard InChI is InChI=1S/C12H13FN4S/c1-17-5-4-15-11(17)7-16-8-2-3-9(12(14)18)10(13)6-8/h2-6,16H,7H2,1H3,(H2,14,18). The number of nitrogens with two attached hydrogens (primary N) is 1. The second-order valence-corrected chi connectivity index (χ2v) is 4.31. The number of hydrogen-bond donors (Lipinski definition) is 2. The number of benzene rings is 1. The number of halogens is 1. The monoisotopic (exact) mass is 264 g/mol. The van der Waals surface area contributed by atoms with Gasteiger partial charge in [0.2, 0.25) is 0 Å². The first kappa shape index (κ1) is 12.5. The third-order valence-corrected chi connectivity index (χ3v) is 2.83. The summed E-state index contributed by atoms with van der Waals surface area (Å²) in [5, 5.41) is 3.09. The highest BCUT2D eigenvalue weighted by Gasteiger charge is 2.06. The maximum atomic E-state index is 13.6. The van der Waals surface area contributed by atoms with Crippen LogP contribution in [-0.2, 0) is 13.6 Å². The molecule has 0 aliphatic rings. The first-order valence-corrected chi connectivity index (χ1v) is 5.78. The van der Waals surface area contributed by atoms with E-state index in [1.165, 1.54) is 6.07 Å². The van der Waals surface area contributed by atoms with Crippen LogP contribution in [0.15, 0.2) is 30.6 Å². The van der Waals surface area contributed by atoms with Gasteiger partial charge in [-0.2, -0.15) is 0 Å². The van der Waals surface area contributed by atoms with Gasteiger partial charge in [0, 0.05) is 30.7 Å². The van der Waals surface area contributed by atoms with E-state index in [0.29, 0.717) is 12.2 Å². The van der Waals surface area contributed by atoms with Crippen molar-refractivity contribution in [1.29, 1.82) is 0 Å². The SMILES string of the molecule is Cn1ccnc1CNc1ccc(C(N)=S)c(F)c1. The first-order valence-electron chi connectivity index (χ1n) is 5.37. The fourth-order valence-electron chi connectivity index (χ4n) is 1.57. The topological polar surface area (TPSA) is 55.9 Å². The van der Waals surface area contributed by atoms with Crippen LogP contribution in [0.1, 0.15) is 11.4 Å². The lowest BCUT2D eigenvalue weighted by molar-refractivity contribution is 0.626. The van der Waals surface area contributed by atoms with Gasteiger partial charge in [-0.25, -0.2) is 9.37 Å². The largest absolute Gasteiger partial charge is 0.389 e. The second kappa shape index (κ2) is 5.14. The number of rotatable bonds is 4. The van der Waals surface area contributed by atoms with Crippen LogP contribution in [0.2, 0.25) is 0 Å². The van der Waals surface area contributed by atoms with Crippen molar-refractivity contribution in [2.75, 3.05) is 5.32 Å². The number of nitrogens with zero attached hydrogens (tertiary/aromatic N) is 2. The van der Waals surface area contributed by atoms with Crippen molar-refractivity contribution < 1.29 is 4.39 Å². The number of anilines is 1. The molecule has 0 saturated carbocycles. The van der Waals surface area contributed by atoms with Gasteiger partial charge in [0.15, 0.2) is 0 Å². The summed E-state index contributed by atoms with van der Waals surface area (Å²) in [6.45, 7) is 0.523. The summed E-state index contributed by atoms with van der Waals surface area (Å²) in [7, 11) is 1.90. The van der Waals surface area contributed by atoms with Crippen LogP contribution < -0.4 is 11.1 Å². The van der Waals surface area contributed by atoms with Gasteiger partial charge < -0.3 is 15.6 Å². The Morgan fingerprint density at radius 2 is 2.33 bits per heavy atom. The number of aryl methyl sites for hydroxylation is 1. The van der Waals surface area contributed by atoms with E-state index in [4.69, 9.17) is 18.0 Å². The highest BCUT2D eigenvalue weighted by Crippen LogP contribution is 2.15. The van der Waals surface area contributed by atoms with Gasteiger partial charge in [-0.05, 0) is 18.2 Å². The molecule has 1 heterocycles. The van der Waals surface area contributed by atoms with Gasteiger partial charge >= 0.3 is 0 Å². The highest BCUT2D eigenvalue weighted by molar-refractivity contribution is 7.80. The molecule has 0 aliphatic carbocycles. The molecule has 2 rings (SSSR count). The summed E-state index contributed by atoms with van der Waals surface area (Å²) in [6, 6.07) is 4.68. The van der Waals surface area contributed by atoms with E-state index in [0.717, 1.165) is 5.82 Å². The third kappa shape index (κ3) is 2.65. The van der Waals surface area contributed by atoms with Crippen LogP contribution in [0.3, 0.4) is 0 Å². The Balaban J connectivity index is 2.09. The third-order valence-electron chi connectivity index (χ3n) is 2.61. The van der Waals surface area contributed by atoms with E-state index in [1.807, 2.05) is 17.8 Å². The lowest BCUT2D eigenvalue weighted by atomic mass is 10.2.